The normalized spacial score (nSPS) is 23.6. The molecule has 2 rings (SSSR count). The molecular weight excluding hydrogens is 214 g/mol. The number of hydrogen-bond donors (Lipinski definition) is 1. The third-order valence-electron chi connectivity index (χ3n) is 3.39. The molecule has 17 heavy (non-hydrogen) atoms. The van der Waals surface area contributed by atoms with Gasteiger partial charge in [-0.25, -0.2) is 0 Å². The molecule has 3 heteroatoms. The maximum atomic E-state index is 11.9. The average molecular weight is 233 g/mol. The quantitative estimate of drug-likeness (QED) is 0.810. The summed E-state index contributed by atoms with van der Waals surface area (Å²) >= 11 is 0. The van der Waals surface area contributed by atoms with Crippen LogP contribution in [0.3, 0.4) is 0 Å². The lowest BCUT2D eigenvalue weighted by atomic mass is 9.86. The summed E-state index contributed by atoms with van der Waals surface area (Å²) in [5.74, 6) is 0.122. The Kier molecular flexibility index (Phi) is 3.79. The first-order valence-corrected chi connectivity index (χ1v) is 6.17. The smallest absolute Gasteiger partial charge is 0.310 e. The van der Waals surface area contributed by atoms with Crippen molar-refractivity contribution in [3.05, 3.63) is 35.4 Å². The van der Waals surface area contributed by atoms with Gasteiger partial charge in [0.15, 0.2) is 0 Å². The summed E-state index contributed by atoms with van der Waals surface area (Å²) in [6.45, 7) is 5.97. The molecule has 0 spiro atoms. The minimum Gasteiger partial charge on any atom is -0.466 e. The van der Waals surface area contributed by atoms with E-state index in [2.05, 4.69) is 24.4 Å². The Bertz CT molecular complexity index is 403. The van der Waals surface area contributed by atoms with Crippen molar-refractivity contribution in [3.63, 3.8) is 0 Å². The van der Waals surface area contributed by atoms with E-state index < -0.39 is 0 Å². The van der Waals surface area contributed by atoms with Crippen LogP contribution in [0.25, 0.3) is 0 Å². The van der Waals surface area contributed by atoms with Crippen LogP contribution in [0.1, 0.15) is 24.0 Å². The van der Waals surface area contributed by atoms with Crippen LogP contribution in [-0.2, 0) is 9.53 Å². The topological polar surface area (TPSA) is 38.3 Å². The third kappa shape index (κ3) is 2.50. The molecule has 0 aromatic heterocycles. The van der Waals surface area contributed by atoms with Gasteiger partial charge in [0.05, 0.1) is 12.5 Å². The van der Waals surface area contributed by atoms with E-state index in [1.807, 2.05) is 19.1 Å². The molecule has 2 unspecified atom stereocenters. The number of esters is 1. The number of nitrogens with one attached hydrogen (secondary N) is 1. The van der Waals surface area contributed by atoms with Gasteiger partial charge in [0.1, 0.15) is 0 Å². The first-order chi connectivity index (χ1) is 8.24. The molecule has 92 valence electrons. The van der Waals surface area contributed by atoms with E-state index in [0.29, 0.717) is 6.61 Å². The SMILES string of the molecule is CCOC(=O)C1CNCC1c1ccccc1C. The van der Waals surface area contributed by atoms with Crippen LogP contribution in [-0.4, -0.2) is 25.7 Å². The van der Waals surface area contributed by atoms with E-state index in [4.69, 9.17) is 4.74 Å². The van der Waals surface area contributed by atoms with Crippen molar-refractivity contribution >= 4 is 5.97 Å². The summed E-state index contributed by atoms with van der Waals surface area (Å²) in [5.41, 5.74) is 2.51. The van der Waals surface area contributed by atoms with Gasteiger partial charge < -0.3 is 10.1 Å². The summed E-state index contributed by atoms with van der Waals surface area (Å²) in [6.07, 6.45) is 0. The van der Waals surface area contributed by atoms with Crippen molar-refractivity contribution in [2.24, 2.45) is 5.92 Å². The Labute approximate surface area is 102 Å². The van der Waals surface area contributed by atoms with Crippen molar-refractivity contribution in [2.45, 2.75) is 19.8 Å². The minimum absolute atomic E-state index is 0.0453. The Morgan fingerprint density at radius 3 is 2.88 bits per heavy atom. The third-order valence-corrected chi connectivity index (χ3v) is 3.39. The Balaban J connectivity index is 2.20. The molecule has 0 aliphatic carbocycles. The van der Waals surface area contributed by atoms with Crippen LogP contribution in [0.5, 0.6) is 0 Å². The maximum Gasteiger partial charge on any atom is 0.310 e. The van der Waals surface area contributed by atoms with Gasteiger partial charge in [-0.3, -0.25) is 4.79 Å². The molecule has 2 atom stereocenters. The Morgan fingerprint density at radius 1 is 1.41 bits per heavy atom. The molecular formula is C14H19NO2. The molecule has 1 saturated heterocycles. The predicted octanol–water partition coefficient (Wildman–Crippen LogP) is 1.86. The van der Waals surface area contributed by atoms with Gasteiger partial charge in [-0.1, -0.05) is 24.3 Å². The van der Waals surface area contributed by atoms with Gasteiger partial charge in [-0.2, -0.15) is 0 Å². The molecule has 1 aromatic carbocycles. The summed E-state index contributed by atoms with van der Waals surface area (Å²) in [6, 6.07) is 8.26. The zero-order valence-electron chi connectivity index (χ0n) is 10.4. The van der Waals surface area contributed by atoms with Crippen molar-refractivity contribution in [1.29, 1.82) is 0 Å². The number of benzene rings is 1. The Morgan fingerprint density at radius 2 is 2.18 bits per heavy atom. The maximum absolute atomic E-state index is 11.9. The first-order valence-electron chi connectivity index (χ1n) is 6.17. The van der Waals surface area contributed by atoms with Crippen molar-refractivity contribution in [1.82, 2.24) is 5.32 Å². The van der Waals surface area contributed by atoms with Crippen LogP contribution in [0.4, 0.5) is 0 Å². The van der Waals surface area contributed by atoms with Crippen molar-refractivity contribution < 1.29 is 9.53 Å². The largest absolute Gasteiger partial charge is 0.466 e. The monoisotopic (exact) mass is 233 g/mol. The number of aryl methyl sites for hydroxylation is 1. The van der Waals surface area contributed by atoms with E-state index in [1.54, 1.807) is 0 Å². The fourth-order valence-corrected chi connectivity index (χ4v) is 2.51. The fourth-order valence-electron chi connectivity index (χ4n) is 2.51. The molecule has 0 amide bonds. The van der Waals surface area contributed by atoms with Crippen LogP contribution in [0, 0.1) is 12.8 Å². The Hall–Kier alpha value is -1.35. The molecule has 0 radical (unpaired) electrons. The lowest BCUT2D eigenvalue weighted by molar-refractivity contribution is -0.147. The summed E-state index contributed by atoms with van der Waals surface area (Å²) in [5, 5.41) is 3.29. The number of rotatable bonds is 3. The van der Waals surface area contributed by atoms with Gasteiger partial charge in [0, 0.05) is 19.0 Å². The highest BCUT2D eigenvalue weighted by Gasteiger charge is 2.35. The van der Waals surface area contributed by atoms with E-state index in [-0.39, 0.29) is 17.8 Å². The lowest BCUT2D eigenvalue weighted by Gasteiger charge is -2.19. The standard InChI is InChI=1S/C14H19NO2/c1-3-17-14(16)13-9-15-8-12(13)11-7-5-4-6-10(11)2/h4-7,12-13,15H,3,8-9H2,1-2H3. The minimum atomic E-state index is -0.0780. The fraction of sp³-hybridized carbons (Fsp3) is 0.500. The second-order valence-electron chi connectivity index (χ2n) is 4.48. The first kappa shape index (κ1) is 12.1. The molecule has 1 heterocycles. The van der Waals surface area contributed by atoms with Gasteiger partial charge >= 0.3 is 5.97 Å². The van der Waals surface area contributed by atoms with Crippen LogP contribution >= 0.6 is 0 Å². The van der Waals surface area contributed by atoms with E-state index >= 15 is 0 Å². The van der Waals surface area contributed by atoms with Gasteiger partial charge in [0.2, 0.25) is 0 Å². The highest BCUT2D eigenvalue weighted by molar-refractivity contribution is 5.74. The molecule has 1 aliphatic rings. The number of hydrogen-bond acceptors (Lipinski definition) is 3. The van der Waals surface area contributed by atoms with Gasteiger partial charge in [0.25, 0.3) is 0 Å². The highest BCUT2D eigenvalue weighted by atomic mass is 16.5. The van der Waals surface area contributed by atoms with E-state index in [9.17, 15) is 4.79 Å². The molecule has 1 fully saturated rings. The number of carbonyl (C=O) groups excluding carboxylic acids is 1. The predicted molar refractivity (Wildman–Crippen MR) is 66.9 cm³/mol. The molecule has 1 N–H and O–H groups in total. The number of carbonyl (C=O) groups is 1. The van der Waals surface area contributed by atoms with Crippen molar-refractivity contribution in [2.75, 3.05) is 19.7 Å². The zero-order valence-corrected chi connectivity index (χ0v) is 10.4. The molecule has 3 nitrogen and oxygen atoms in total. The number of ether oxygens (including phenoxy) is 1. The van der Waals surface area contributed by atoms with Gasteiger partial charge in [-0.05, 0) is 25.0 Å². The van der Waals surface area contributed by atoms with Gasteiger partial charge in [-0.15, -0.1) is 0 Å². The molecule has 1 aromatic rings. The van der Waals surface area contributed by atoms with Crippen LogP contribution in [0.2, 0.25) is 0 Å². The molecule has 0 bridgehead atoms. The average Bonchev–Trinajstić information content (AvgIpc) is 2.79. The lowest BCUT2D eigenvalue weighted by Crippen LogP contribution is -2.24. The molecule has 1 aliphatic heterocycles. The van der Waals surface area contributed by atoms with Crippen LogP contribution < -0.4 is 5.32 Å². The summed E-state index contributed by atoms with van der Waals surface area (Å²) in [4.78, 5) is 11.9. The van der Waals surface area contributed by atoms with E-state index in [1.165, 1.54) is 11.1 Å². The highest BCUT2D eigenvalue weighted by Crippen LogP contribution is 2.30. The molecule has 0 saturated carbocycles. The van der Waals surface area contributed by atoms with Crippen molar-refractivity contribution in [3.8, 4) is 0 Å². The second-order valence-corrected chi connectivity index (χ2v) is 4.48. The second kappa shape index (κ2) is 5.32. The zero-order chi connectivity index (χ0) is 12.3. The summed E-state index contributed by atoms with van der Waals surface area (Å²) in [7, 11) is 0. The van der Waals surface area contributed by atoms with Crippen LogP contribution in [0.15, 0.2) is 24.3 Å². The summed E-state index contributed by atoms with van der Waals surface area (Å²) < 4.78 is 5.14. The van der Waals surface area contributed by atoms with E-state index in [0.717, 1.165) is 13.1 Å².